The van der Waals surface area contributed by atoms with E-state index in [0.29, 0.717) is 37.1 Å². The molecule has 0 saturated carbocycles. The minimum atomic E-state index is -0.0236. The third-order valence-corrected chi connectivity index (χ3v) is 7.44. The summed E-state index contributed by atoms with van der Waals surface area (Å²) in [7, 11) is 0. The van der Waals surface area contributed by atoms with Gasteiger partial charge >= 0.3 is 0 Å². The summed E-state index contributed by atoms with van der Waals surface area (Å²) in [5, 5.41) is 7.77. The van der Waals surface area contributed by atoms with Crippen LogP contribution in [0.15, 0.2) is 53.4 Å². The molecule has 2 aliphatic heterocycles. The highest BCUT2D eigenvalue weighted by molar-refractivity contribution is 5.92. The summed E-state index contributed by atoms with van der Waals surface area (Å²) in [5.41, 5.74) is 4.23. The number of aromatic nitrogens is 3. The molecular formula is C27H32N6O3. The molecule has 5 rings (SSSR count). The third kappa shape index (κ3) is 5.16. The zero-order valence-electron chi connectivity index (χ0n) is 20.8. The fourth-order valence-electron chi connectivity index (χ4n) is 5.49. The number of benzene rings is 1. The van der Waals surface area contributed by atoms with Crippen molar-refractivity contribution in [2.45, 2.75) is 64.7 Å². The maximum Gasteiger partial charge on any atom is 0.229 e. The number of fused-ring (bicyclic) bond motifs is 3. The standard InChI is InChI=1S/C27H32N6O3/c1-19-25(30-36-29-19)15-27(35)31-17-22-5-3-4-6-26(22)32(20(2)34)14-11-23-7-8-24(18-31)33(23)16-21-9-12-28-13-10-21/h3-6,9-10,12-13,23-24H,7-8,11,14-18H2,1-2H3. The Morgan fingerprint density at radius 3 is 2.56 bits per heavy atom. The van der Waals surface area contributed by atoms with Crippen LogP contribution in [-0.2, 0) is 29.1 Å². The second-order valence-corrected chi connectivity index (χ2v) is 9.75. The maximum absolute atomic E-state index is 13.6. The van der Waals surface area contributed by atoms with Crippen molar-refractivity contribution >= 4 is 17.5 Å². The molecule has 9 nitrogen and oxygen atoms in total. The molecule has 2 amide bonds. The van der Waals surface area contributed by atoms with E-state index in [1.54, 1.807) is 13.8 Å². The fraction of sp³-hybridized carbons (Fsp3) is 0.444. The molecule has 0 spiro atoms. The summed E-state index contributed by atoms with van der Waals surface area (Å²) < 4.78 is 4.83. The second-order valence-electron chi connectivity index (χ2n) is 9.75. The number of para-hydroxylation sites is 1. The van der Waals surface area contributed by atoms with E-state index in [9.17, 15) is 9.59 Å². The monoisotopic (exact) mass is 488 g/mol. The van der Waals surface area contributed by atoms with Gasteiger partial charge in [-0.25, -0.2) is 4.63 Å². The number of pyridine rings is 1. The van der Waals surface area contributed by atoms with Crippen molar-refractivity contribution in [1.29, 1.82) is 0 Å². The largest absolute Gasteiger partial charge is 0.336 e. The highest BCUT2D eigenvalue weighted by atomic mass is 16.6. The third-order valence-electron chi connectivity index (χ3n) is 7.44. The number of hydrogen-bond donors (Lipinski definition) is 0. The minimum absolute atomic E-state index is 0.0131. The second kappa shape index (κ2) is 10.6. The molecule has 2 aliphatic rings. The molecule has 2 bridgehead atoms. The Hall–Kier alpha value is -3.59. The molecule has 2 aromatic heterocycles. The Kier molecular flexibility index (Phi) is 7.09. The first-order chi connectivity index (χ1) is 17.5. The molecule has 36 heavy (non-hydrogen) atoms. The van der Waals surface area contributed by atoms with Gasteiger partial charge in [0.2, 0.25) is 11.8 Å². The quantitative estimate of drug-likeness (QED) is 0.557. The highest BCUT2D eigenvalue weighted by Gasteiger charge is 2.36. The topological polar surface area (TPSA) is 95.7 Å². The van der Waals surface area contributed by atoms with Gasteiger partial charge in [0.1, 0.15) is 11.4 Å². The Balaban J connectivity index is 1.50. The average molecular weight is 489 g/mol. The molecule has 2 atom stereocenters. The van der Waals surface area contributed by atoms with Gasteiger partial charge in [0.25, 0.3) is 0 Å². The molecular weight excluding hydrogens is 456 g/mol. The molecule has 9 heteroatoms. The van der Waals surface area contributed by atoms with Crippen LogP contribution >= 0.6 is 0 Å². The molecule has 1 fully saturated rings. The van der Waals surface area contributed by atoms with Crippen LogP contribution in [0, 0.1) is 6.92 Å². The lowest BCUT2D eigenvalue weighted by molar-refractivity contribution is -0.132. The van der Waals surface area contributed by atoms with E-state index in [0.717, 1.165) is 37.1 Å². The molecule has 1 saturated heterocycles. The van der Waals surface area contributed by atoms with Gasteiger partial charge in [0.15, 0.2) is 0 Å². The number of anilines is 1. The molecule has 3 aromatic rings. The minimum Gasteiger partial charge on any atom is -0.336 e. The molecule has 1 aromatic carbocycles. The first-order valence-electron chi connectivity index (χ1n) is 12.6. The molecule has 0 aliphatic carbocycles. The van der Waals surface area contributed by atoms with E-state index in [2.05, 4.69) is 20.2 Å². The van der Waals surface area contributed by atoms with Gasteiger partial charge in [0, 0.05) is 63.3 Å². The van der Waals surface area contributed by atoms with E-state index in [1.807, 2.05) is 58.6 Å². The molecule has 2 unspecified atom stereocenters. The molecule has 0 N–H and O–H groups in total. The van der Waals surface area contributed by atoms with Crippen LogP contribution in [0.4, 0.5) is 5.69 Å². The summed E-state index contributed by atoms with van der Waals surface area (Å²) in [5.74, 6) is -0.0105. The number of hydrogen-bond acceptors (Lipinski definition) is 7. The van der Waals surface area contributed by atoms with E-state index in [1.165, 1.54) is 5.56 Å². The van der Waals surface area contributed by atoms with Crippen LogP contribution in [0.2, 0.25) is 0 Å². The number of amides is 2. The van der Waals surface area contributed by atoms with Crippen molar-refractivity contribution in [2.24, 2.45) is 0 Å². The Bertz CT molecular complexity index is 1210. The van der Waals surface area contributed by atoms with Crippen molar-refractivity contribution in [3.8, 4) is 0 Å². The number of nitrogens with zero attached hydrogens (tertiary/aromatic N) is 6. The summed E-state index contributed by atoms with van der Waals surface area (Å²) in [6.07, 6.45) is 6.70. The van der Waals surface area contributed by atoms with Gasteiger partial charge in [-0.2, -0.15) is 0 Å². The zero-order chi connectivity index (χ0) is 25.1. The molecule has 4 heterocycles. The summed E-state index contributed by atoms with van der Waals surface area (Å²) >= 11 is 0. The lowest BCUT2D eigenvalue weighted by Gasteiger charge is -2.34. The Labute approximate surface area is 211 Å². The van der Waals surface area contributed by atoms with Gasteiger partial charge in [-0.05, 0) is 55.5 Å². The molecule has 188 valence electrons. The highest BCUT2D eigenvalue weighted by Crippen LogP contribution is 2.32. The van der Waals surface area contributed by atoms with E-state index >= 15 is 0 Å². The summed E-state index contributed by atoms with van der Waals surface area (Å²) in [6, 6.07) is 12.6. The van der Waals surface area contributed by atoms with Crippen LogP contribution in [0.3, 0.4) is 0 Å². The molecule has 0 radical (unpaired) electrons. The number of rotatable bonds is 4. The van der Waals surface area contributed by atoms with E-state index in [4.69, 9.17) is 4.63 Å². The van der Waals surface area contributed by atoms with Crippen LogP contribution in [0.1, 0.15) is 48.7 Å². The smallest absolute Gasteiger partial charge is 0.229 e. The predicted molar refractivity (Wildman–Crippen MR) is 134 cm³/mol. The lowest BCUT2D eigenvalue weighted by Crippen LogP contribution is -2.45. The SMILES string of the molecule is CC(=O)N1CCC2CCC(CN(C(=O)Cc3nonc3C)Cc3ccccc31)N2Cc1ccncc1. The van der Waals surface area contributed by atoms with Gasteiger partial charge in [0.05, 0.1) is 6.42 Å². The van der Waals surface area contributed by atoms with Gasteiger partial charge in [-0.15, -0.1) is 0 Å². The van der Waals surface area contributed by atoms with E-state index < -0.39 is 0 Å². The number of aryl methyl sites for hydroxylation is 1. The number of carbonyl (C=O) groups excluding carboxylic acids is 2. The van der Waals surface area contributed by atoms with Crippen molar-refractivity contribution < 1.29 is 14.2 Å². The Morgan fingerprint density at radius 2 is 1.81 bits per heavy atom. The first kappa shape index (κ1) is 24.1. The van der Waals surface area contributed by atoms with Crippen molar-refractivity contribution in [3.05, 3.63) is 71.3 Å². The van der Waals surface area contributed by atoms with Crippen molar-refractivity contribution in [1.82, 2.24) is 25.1 Å². The van der Waals surface area contributed by atoms with Gasteiger partial charge in [-0.3, -0.25) is 19.5 Å². The average Bonchev–Trinajstić information content (AvgIpc) is 3.44. The normalized spacial score (nSPS) is 20.6. The zero-order valence-corrected chi connectivity index (χ0v) is 20.8. The van der Waals surface area contributed by atoms with Crippen molar-refractivity contribution in [3.63, 3.8) is 0 Å². The van der Waals surface area contributed by atoms with Crippen molar-refractivity contribution in [2.75, 3.05) is 18.0 Å². The van der Waals surface area contributed by atoms with Gasteiger partial charge < -0.3 is 9.80 Å². The van der Waals surface area contributed by atoms with Crippen LogP contribution in [-0.4, -0.2) is 62.1 Å². The number of carbonyl (C=O) groups is 2. The predicted octanol–water partition coefficient (Wildman–Crippen LogP) is 3.13. The van der Waals surface area contributed by atoms with Crippen LogP contribution in [0.25, 0.3) is 0 Å². The Morgan fingerprint density at radius 1 is 1.03 bits per heavy atom. The maximum atomic E-state index is 13.6. The lowest BCUT2D eigenvalue weighted by atomic mass is 10.1. The van der Waals surface area contributed by atoms with Crippen LogP contribution < -0.4 is 4.90 Å². The van der Waals surface area contributed by atoms with E-state index in [-0.39, 0.29) is 24.3 Å². The van der Waals surface area contributed by atoms with Crippen LogP contribution in [0.5, 0.6) is 0 Å². The fourth-order valence-corrected chi connectivity index (χ4v) is 5.49. The van der Waals surface area contributed by atoms with Gasteiger partial charge in [-0.1, -0.05) is 28.5 Å². The summed E-state index contributed by atoms with van der Waals surface area (Å²) in [4.78, 5) is 36.9. The first-order valence-corrected chi connectivity index (χ1v) is 12.6. The summed E-state index contributed by atoms with van der Waals surface area (Å²) in [6.45, 7) is 5.88.